The van der Waals surface area contributed by atoms with Gasteiger partial charge in [0.2, 0.25) is 5.91 Å². The third-order valence-electron chi connectivity index (χ3n) is 5.54. The average molecular weight is 480 g/mol. The van der Waals surface area contributed by atoms with Crippen LogP contribution in [0.2, 0.25) is 0 Å². The number of sulfonamides is 1. The molecule has 0 aliphatic carbocycles. The van der Waals surface area contributed by atoms with E-state index in [1.165, 1.54) is 24.1 Å². The second kappa shape index (κ2) is 9.96. The van der Waals surface area contributed by atoms with Crippen LogP contribution < -0.4 is 14.8 Å². The highest BCUT2D eigenvalue weighted by atomic mass is 32.2. The first-order chi connectivity index (χ1) is 16.4. The zero-order valence-corrected chi connectivity index (χ0v) is 19.4. The second-order valence-corrected chi connectivity index (χ2v) is 9.56. The highest BCUT2D eigenvalue weighted by Gasteiger charge is 2.38. The van der Waals surface area contributed by atoms with Gasteiger partial charge in [-0.3, -0.25) is 19.2 Å². The lowest BCUT2D eigenvalue weighted by atomic mass is 10.1. The molecule has 0 radical (unpaired) electrons. The Bertz CT molecular complexity index is 1280. The Hall–Kier alpha value is -3.85. The number of rotatable bonds is 9. The van der Waals surface area contributed by atoms with Crippen LogP contribution in [0.5, 0.6) is 5.75 Å². The zero-order chi connectivity index (χ0) is 24.1. The van der Waals surface area contributed by atoms with Crippen LogP contribution in [0, 0.1) is 0 Å². The molecule has 0 bridgehead atoms. The molecular weight excluding hydrogens is 454 g/mol. The fraction of sp³-hybridized carbons (Fsp3) is 0.200. The van der Waals surface area contributed by atoms with E-state index in [9.17, 15) is 18.0 Å². The van der Waals surface area contributed by atoms with Gasteiger partial charge in [-0.1, -0.05) is 36.4 Å². The molecule has 0 saturated carbocycles. The van der Waals surface area contributed by atoms with Crippen molar-refractivity contribution < 1.29 is 22.7 Å². The summed E-state index contributed by atoms with van der Waals surface area (Å²) in [5, 5.41) is 3.02. The second-order valence-electron chi connectivity index (χ2n) is 7.88. The summed E-state index contributed by atoms with van der Waals surface area (Å²) < 4.78 is 33.3. The molecule has 1 atom stereocenters. The zero-order valence-electron chi connectivity index (χ0n) is 18.6. The minimum atomic E-state index is -3.86. The Labute approximate surface area is 198 Å². The van der Waals surface area contributed by atoms with E-state index in [2.05, 4.69) is 10.0 Å². The van der Waals surface area contributed by atoms with Crippen molar-refractivity contribution in [3.05, 3.63) is 84.4 Å². The van der Waals surface area contributed by atoms with E-state index < -0.39 is 16.1 Å². The van der Waals surface area contributed by atoms with Crippen LogP contribution in [0.15, 0.2) is 83.8 Å². The maximum Gasteiger partial charge on any atom is 0.261 e. The van der Waals surface area contributed by atoms with Crippen LogP contribution in [0.1, 0.15) is 12.0 Å². The number of nitrogens with one attached hydrogen (secondary N) is 2. The summed E-state index contributed by atoms with van der Waals surface area (Å²) in [4.78, 5) is 26.5. The van der Waals surface area contributed by atoms with Crippen molar-refractivity contribution in [2.45, 2.75) is 23.8 Å². The molecule has 34 heavy (non-hydrogen) atoms. The third kappa shape index (κ3) is 5.37. The van der Waals surface area contributed by atoms with E-state index >= 15 is 0 Å². The number of hydrogen-bond donors (Lipinski definition) is 2. The molecule has 8 nitrogen and oxygen atoms in total. The topological polar surface area (TPSA) is 105 Å². The Morgan fingerprint density at radius 2 is 1.68 bits per heavy atom. The molecule has 2 N–H and O–H groups in total. The van der Waals surface area contributed by atoms with Crippen molar-refractivity contribution in [1.82, 2.24) is 4.90 Å². The van der Waals surface area contributed by atoms with Gasteiger partial charge in [0.25, 0.3) is 15.9 Å². The molecular formula is C25H25N3O5S. The van der Waals surface area contributed by atoms with E-state index in [4.69, 9.17) is 4.74 Å². The minimum Gasteiger partial charge on any atom is -0.497 e. The number of likely N-dealkylation sites (tertiary alicyclic amines) is 1. The van der Waals surface area contributed by atoms with E-state index in [1.807, 2.05) is 30.3 Å². The number of methoxy groups -OCH3 is 1. The molecule has 0 aromatic heterocycles. The summed E-state index contributed by atoms with van der Waals surface area (Å²) in [5.41, 5.74) is 1.88. The molecule has 3 aromatic rings. The highest BCUT2D eigenvalue weighted by molar-refractivity contribution is 7.92. The number of nitrogens with zero attached hydrogens (tertiary/aromatic N) is 1. The number of carbonyl (C=O) groups excluding carboxylic acids is 2. The number of anilines is 2. The number of benzene rings is 3. The molecule has 1 fully saturated rings. The Morgan fingerprint density at radius 1 is 0.941 bits per heavy atom. The van der Waals surface area contributed by atoms with E-state index in [-0.39, 0.29) is 23.1 Å². The predicted octanol–water partition coefficient (Wildman–Crippen LogP) is 3.28. The lowest BCUT2D eigenvalue weighted by molar-refractivity contribution is -0.138. The van der Waals surface area contributed by atoms with Crippen LogP contribution in [-0.4, -0.2) is 44.8 Å². The van der Waals surface area contributed by atoms with E-state index in [0.717, 1.165) is 5.56 Å². The highest BCUT2D eigenvalue weighted by Crippen LogP contribution is 2.24. The Balaban J connectivity index is 1.42. The fourth-order valence-corrected chi connectivity index (χ4v) is 4.85. The number of imide groups is 1. The van der Waals surface area contributed by atoms with Crippen molar-refractivity contribution in [3.8, 4) is 5.75 Å². The summed E-state index contributed by atoms with van der Waals surface area (Å²) >= 11 is 0. The average Bonchev–Trinajstić information content (AvgIpc) is 3.10. The van der Waals surface area contributed by atoms with Crippen LogP contribution in [0.4, 0.5) is 11.4 Å². The van der Waals surface area contributed by atoms with Gasteiger partial charge in [-0.15, -0.1) is 0 Å². The molecule has 176 valence electrons. The fourth-order valence-electron chi connectivity index (χ4n) is 3.74. The van der Waals surface area contributed by atoms with Crippen molar-refractivity contribution in [3.63, 3.8) is 0 Å². The van der Waals surface area contributed by atoms with E-state index in [1.54, 1.807) is 36.4 Å². The van der Waals surface area contributed by atoms with Gasteiger partial charge in [-0.2, -0.15) is 0 Å². The first kappa shape index (κ1) is 23.3. The lowest BCUT2D eigenvalue weighted by Crippen LogP contribution is -2.36. The molecule has 1 aliphatic heterocycles. The monoisotopic (exact) mass is 479 g/mol. The quantitative estimate of drug-likeness (QED) is 0.457. The summed E-state index contributed by atoms with van der Waals surface area (Å²) in [5.74, 6) is 0.0525. The summed E-state index contributed by atoms with van der Waals surface area (Å²) in [6.45, 7) is 0.306. The number of hydrogen-bond acceptors (Lipinski definition) is 6. The molecule has 4 rings (SSSR count). The van der Waals surface area contributed by atoms with Gasteiger partial charge in [-0.05, 0) is 54.4 Å². The summed E-state index contributed by atoms with van der Waals surface area (Å²) in [6.07, 6.45) is 0.602. The van der Waals surface area contributed by atoms with Crippen molar-refractivity contribution in [1.29, 1.82) is 0 Å². The SMILES string of the molecule is COc1ccc(NS(=O)(=O)c2cccc(NC3CC(=O)N(CCc4ccccc4)C3=O)c2)cc1. The van der Waals surface area contributed by atoms with Crippen molar-refractivity contribution in [2.75, 3.05) is 23.7 Å². The van der Waals surface area contributed by atoms with Gasteiger partial charge < -0.3 is 10.1 Å². The molecule has 2 amide bonds. The van der Waals surface area contributed by atoms with Gasteiger partial charge >= 0.3 is 0 Å². The number of ether oxygens (including phenoxy) is 1. The van der Waals surface area contributed by atoms with Gasteiger partial charge in [-0.25, -0.2) is 8.42 Å². The van der Waals surface area contributed by atoms with Crippen LogP contribution in [-0.2, 0) is 26.0 Å². The van der Waals surface area contributed by atoms with Crippen LogP contribution in [0.25, 0.3) is 0 Å². The smallest absolute Gasteiger partial charge is 0.261 e. The number of amides is 2. The summed E-state index contributed by atoms with van der Waals surface area (Å²) in [7, 11) is -2.33. The molecule has 1 heterocycles. The first-order valence-electron chi connectivity index (χ1n) is 10.8. The molecule has 1 aliphatic rings. The predicted molar refractivity (Wildman–Crippen MR) is 129 cm³/mol. The largest absolute Gasteiger partial charge is 0.497 e. The molecule has 1 unspecified atom stereocenters. The Kier molecular flexibility index (Phi) is 6.83. The standard InChI is InChI=1S/C25H25N3O5S/c1-33-21-12-10-19(11-13-21)27-34(31,32)22-9-5-8-20(16-22)26-23-17-24(29)28(25(23)30)15-14-18-6-3-2-4-7-18/h2-13,16,23,26-27H,14-15,17H2,1H3. The van der Waals surface area contributed by atoms with E-state index in [0.29, 0.717) is 30.1 Å². The van der Waals surface area contributed by atoms with Crippen LogP contribution >= 0.6 is 0 Å². The minimum absolute atomic E-state index is 0.0225. The van der Waals surface area contributed by atoms with Crippen molar-refractivity contribution in [2.24, 2.45) is 0 Å². The maximum atomic E-state index is 12.8. The number of carbonyl (C=O) groups is 2. The van der Waals surface area contributed by atoms with Gasteiger partial charge in [0.1, 0.15) is 11.8 Å². The summed E-state index contributed by atoms with van der Waals surface area (Å²) in [6, 6.07) is 21.6. The van der Waals surface area contributed by atoms with Gasteiger partial charge in [0.15, 0.2) is 0 Å². The molecule has 3 aromatic carbocycles. The Morgan fingerprint density at radius 3 is 2.38 bits per heavy atom. The lowest BCUT2D eigenvalue weighted by Gasteiger charge is -2.16. The normalized spacial score (nSPS) is 15.9. The van der Waals surface area contributed by atoms with Gasteiger partial charge in [0.05, 0.1) is 18.4 Å². The van der Waals surface area contributed by atoms with Gasteiger partial charge in [0, 0.05) is 17.9 Å². The molecule has 1 saturated heterocycles. The molecule has 9 heteroatoms. The third-order valence-corrected chi connectivity index (χ3v) is 6.92. The van der Waals surface area contributed by atoms with Crippen LogP contribution in [0.3, 0.4) is 0 Å². The first-order valence-corrected chi connectivity index (χ1v) is 12.3. The maximum absolute atomic E-state index is 12.8. The molecule has 0 spiro atoms. The van der Waals surface area contributed by atoms with Crippen molar-refractivity contribution >= 4 is 33.2 Å².